The third kappa shape index (κ3) is 5.41. The monoisotopic (exact) mass is 422 g/mol. The number of hydrogen-bond acceptors (Lipinski definition) is 5. The summed E-state index contributed by atoms with van der Waals surface area (Å²) in [6.07, 6.45) is 4.71. The highest BCUT2D eigenvalue weighted by Gasteiger charge is 2.26. The summed E-state index contributed by atoms with van der Waals surface area (Å²) in [6, 6.07) is 7.47. The number of amides is 1. The van der Waals surface area contributed by atoms with E-state index in [0.717, 1.165) is 12.2 Å². The van der Waals surface area contributed by atoms with Crippen LogP contribution in [0.25, 0.3) is 0 Å². The number of benzene rings is 1. The fourth-order valence-electron chi connectivity index (χ4n) is 3.29. The molecule has 1 fully saturated rings. The Balaban J connectivity index is 1.54. The Morgan fingerprint density at radius 3 is 2.75 bits per heavy atom. The topological polar surface area (TPSA) is 69.0 Å². The van der Waals surface area contributed by atoms with Crippen LogP contribution in [-0.2, 0) is 18.4 Å². The largest absolute Gasteiger partial charge is 0.486 e. The smallest absolute Gasteiger partial charge is 0.233 e. The van der Waals surface area contributed by atoms with Crippen LogP contribution in [0.4, 0.5) is 0 Å². The Bertz CT molecular complexity index is 796. The van der Waals surface area contributed by atoms with Gasteiger partial charge in [-0.05, 0) is 49.9 Å². The van der Waals surface area contributed by atoms with Crippen molar-refractivity contribution in [3.63, 3.8) is 0 Å². The summed E-state index contributed by atoms with van der Waals surface area (Å²) in [5.74, 6) is 2.02. The van der Waals surface area contributed by atoms with Crippen LogP contribution in [0.1, 0.15) is 45.4 Å². The maximum Gasteiger partial charge on any atom is 0.233 e. The lowest BCUT2D eigenvalue weighted by Gasteiger charge is -2.30. The van der Waals surface area contributed by atoms with E-state index in [2.05, 4.69) is 22.4 Å². The number of halogens is 1. The highest BCUT2D eigenvalue weighted by atomic mass is 35.5. The Kier molecular flexibility index (Phi) is 7.24. The van der Waals surface area contributed by atoms with Gasteiger partial charge in [0.15, 0.2) is 11.0 Å². The summed E-state index contributed by atoms with van der Waals surface area (Å²) in [5, 5.41) is 12.8. The summed E-state index contributed by atoms with van der Waals surface area (Å²) in [4.78, 5) is 12.6. The zero-order valence-corrected chi connectivity index (χ0v) is 18.1. The van der Waals surface area contributed by atoms with Crippen molar-refractivity contribution >= 4 is 29.3 Å². The molecule has 8 heteroatoms. The summed E-state index contributed by atoms with van der Waals surface area (Å²) < 4.78 is 7.60. The SMILES string of the molecule is C[C@@H]1CCCC[C@H]1NC(=O)[C@@H](C)Sc1nnc(COc2ccc(Cl)cc2)n1C. The van der Waals surface area contributed by atoms with Crippen LogP contribution in [0.15, 0.2) is 29.4 Å². The Hall–Kier alpha value is -1.73. The van der Waals surface area contributed by atoms with E-state index in [0.29, 0.717) is 28.5 Å². The van der Waals surface area contributed by atoms with Crippen molar-refractivity contribution in [1.29, 1.82) is 0 Å². The van der Waals surface area contributed by atoms with Crippen LogP contribution >= 0.6 is 23.4 Å². The molecule has 0 radical (unpaired) electrons. The molecule has 0 saturated heterocycles. The van der Waals surface area contributed by atoms with E-state index in [-0.39, 0.29) is 17.2 Å². The quantitative estimate of drug-likeness (QED) is 0.676. The van der Waals surface area contributed by atoms with E-state index in [1.807, 2.05) is 30.7 Å². The van der Waals surface area contributed by atoms with Crippen molar-refractivity contribution < 1.29 is 9.53 Å². The molecule has 0 bridgehead atoms. The molecule has 3 atom stereocenters. The van der Waals surface area contributed by atoms with Gasteiger partial charge in [0.1, 0.15) is 12.4 Å². The third-order valence-electron chi connectivity index (χ3n) is 5.20. The predicted octanol–water partition coefficient (Wildman–Crippen LogP) is 4.22. The van der Waals surface area contributed by atoms with Crippen LogP contribution in [0, 0.1) is 5.92 Å². The molecule has 1 aromatic heterocycles. The fraction of sp³-hybridized carbons (Fsp3) is 0.550. The lowest BCUT2D eigenvalue weighted by atomic mass is 9.86. The summed E-state index contributed by atoms with van der Waals surface area (Å²) in [6.45, 7) is 4.43. The molecule has 1 amide bonds. The average Bonchev–Trinajstić information content (AvgIpc) is 3.03. The van der Waals surface area contributed by atoms with E-state index in [1.165, 1.54) is 31.0 Å². The number of carbonyl (C=O) groups is 1. The second kappa shape index (κ2) is 9.65. The minimum atomic E-state index is -0.234. The molecule has 1 aliphatic carbocycles. The van der Waals surface area contributed by atoms with E-state index < -0.39 is 0 Å². The van der Waals surface area contributed by atoms with Crippen LogP contribution in [0.2, 0.25) is 5.02 Å². The Labute approximate surface area is 175 Å². The maximum absolute atomic E-state index is 12.6. The minimum Gasteiger partial charge on any atom is -0.486 e. The number of carbonyl (C=O) groups excluding carboxylic acids is 1. The Morgan fingerprint density at radius 2 is 2.04 bits per heavy atom. The zero-order chi connectivity index (χ0) is 20.1. The molecule has 1 heterocycles. The first-order valence-corrected chi connectivity index (χ1v) is 10.9. The number of nitrogens with zero attached hydrogens (tertiary/aromatic N) is 3. The predicted molar refractivity (Wildman–Crippen MR) is 112 cm³/mol. The lowest BCUT2D eigenvalue weighted by molar-refractivity contribution is -0.121. The molecule has 1 aliphatic rings. The molecule has 0 aliphatic heterocycles. The second-order valence-electron chi connectivity index (χ2n) is 7.34. The standard InChI is InChI=1S/C20H27ClN4O2S/c1-13-6-4-5-7-17(13)22-19(26)14(2)28-20-24-23-18(25(20)3)12-27-16-10-8-15(21)9-11-16/h8-11,13-14,17H,4-7,12H2,1-3H3,(H,22,26)/t13-,14-,17-/m1/s1. The van der Waals surface area contributed by atoms with Gasteiger partial charge >= 0.3 is 0 Å². The van der Waals surface area contributed by atoms with Gasteiger partial charge in [-0.15, -0.1) is 10.2 Å². The van der Waals surface area contributed by atoms with Crippen molar-refractivity contribution in [3.8, 4) is 5.75 Å². The molecule has 1 N–H and O–H groups in total. The molecule has 6 nitrogen and oxygen atoms in total. The lowest BCUT2D eigenvalue weighted by Crippen LogP contribution is -2.44. The Morgan fingerprint density at radius 1 is 1.32 bits per heavy atom. The number of hydrogen-bond donors (Lipinski definition) is 1. The first-order chi connectivity index (χ1) is 13.4. The molecule has 3 rings (SSSR count). The first-order valence-electron chi connectivity index (χ1n) is 9.67. The molecule has 1 aromatic carbocycles. The normalized spacial score (nSPS) is 20.6. The van der Waals surface area contributed by atoms with E-state index in [4.69, 9.17) is 16.3 Å². The molecule has 2 aromatic rings. The first kappa shape index (κ1) is 21.0. The van der Waals surface area contributed by atoms with Gasteiger partial charge in [0, 0.05) is 18.1 Å². The van der Waals surface area contributed by atoms with Gasteiger partial charge in [-0.25, -0.2) is 0 Å². The van der Waals surface area contributed by atoms with Crippen molar-refractivity contribution in [1.82, 2.24) is 20.1 Å². The van der Waals surface area contributed by atoms with Gasteiger partial charge in [0.05, 0.1) is 5.25 Å². The number of thioether (sulfide) groups is 1. The maximum atomic E-state index is 12.6. The van der Waals surface area contributed by atoms with Crippen LogP contribution in [0.3, 0.4) is 0 Å². The molecule has 28 heavy (non-hydrogen) atoms. The van der Waals surface area contributed by atoms with Gasteiger partial charge < -0.3 is 14.6 Å². The van der Waals surface area contributed by atoms with E-state index >= 15 is 0 Å². The molecule has 0 spiro atoms. The number of nitrogens with one attached hydrogen (secondary N) is 1. The average molecular weight is 423 g/mol. The van der Waals surface area contributed by atoms with Gasteiger partial charge in [0.25, 0.3) is 0 Å². The summed E-state index contributed by atoms with van der Waals surface area (Å²) in [7, 11) is 1.89. The van der Waals surface area contributed by atoms with Crippen LogP contribution < -0.4 is 10.1 Å². The summed E-state index contributed by atoms with van der Waals surface area (Å²) in [5.41, 5.74) is 0. The van der Waals surface area contributed by atoms with Gasteiger partial charge in [-0.2, -0.15) is 0 Å². The highest BCUT2D eigenvalue weighted by Crippen LogP contribution is 2.26. The molecule has 1 saturated carbocycles. The number of rotatable bonds is 7. The van der Waals surface area contributed by atoms with Crippen molar-refractivity contribution in [3.05, 3.63) is 35.1 Å². The van der Waals surface area contributed by atoms with Gasteiger partial charge in [-0.1, -0.05) is 43.1 Å². The highest BCUT2D eigenvalue weighted by molar-refractivity contribution is 8.00. The molecule has 0 unspecified atom stereocenters. The van der Waals surface area contributed by atoms with Crippen LogP contribution in [0.5, 0.6) is 5.75 Å². The van der Waals surface area contributed by atoms with Crippen LogP contribution in [-0.4, -0.2) is 32.0 Å². The van der Waals surface area contributed by atoms with E-state index in [1.54, 1.807) is 12.1 Å². The zero-order valence-electron chi connectivity index (χ0n) is 16.5. The fourth-order valence-corrected chi connectivity index (χ4v) is 4.26. The number of aromatic nitrogens is 3. The molecule has 152 valence electrons. The number of ether oxygens (including phenoxy) is 1. The van der Waals surface area contributed by atoms with Crippen molar-refractivity contribution in [2.45, 2.75) is 62.6 Å². The minimum absolute atomic E-state index is 0.0608. The van der Waals surface area contributed by atoms with Crippen molar-refractivity contribution in [2.24, 2.45) is 13.0 Å². The second-order valence-corrected chi connectivity index (χ2v) is 9.08. The van der Waals surface area contributed by atoms with Crippen molar-refractivity contribution in [2.75, 3.05) is 0 Å². The third-order valence-corrected chi connectivity index (χ3v) is 6.58. The van der Waals surface area contributed by atoms with E-state index in [9.17, 15) is 4.79 Å². The van der Waals surface area contributed by atoms with Gasteiger partial charge in [-0.3, -0.25) is 4.79 Å². The van der Waals surface area contributed by atoms with Gasteiger partial charge in [0.2, 0.25) is 5.91 Å². The summed E-state index contributed by atoms with van der Waals surface area (Å²) >= 11 is 7.30. The molecular weight excluding hydrogens is 396 g/mol. The molecular formula is C20H27ClN4O2S.